The van der Waals surface area contributed by atoms with Crippen molar-refractivity contribution in [1.29, 1.82) is 0 Å². The summed E-state index contributed by atoms with van der Waals surface area (Å²) in [4.78, 5) is 41.8. The largest absolute Gasteiger partial charge is 0.481 e. The molecule has 0 radical (unpaired) electrons. The van der Waals surface area contributed by atoms with Crippen LogP contribution in [0.15, 0.2) is 0 Å². The topological polar surface area (TPSA) is 190 Å². The number of rotatable bonds is 21. The first-order valence-electron chi connectivity index (χ1n) is 12.5. The van der Waals surface area contributed by atoms with Crippen molar-refractivity contribution < 1.29 is 39.2 Å². The molecule has 0 aromatic heterocycles. The number of unbranched alkanes of at least 4 members (excludes halogenated alkanes) is 11. The standard InChI is InChI=1S/C19H37NO4.C5H9NO4/c1-2-3-4-5-6-7-8-9-10-11-12-13-16-24-19(23)17(20)14-15-18(21)22;6-3(5(9)10)1-2-4(7)8/h17H,2-16,20H2,1H3,(H,21,22);3H,1-2,6H2,(H,7,8)(H,9,10). The van der Waals surface area contributed by atoms with Crippen LogP contribution in [0.5, 0.6) is 0 Å². The van der Waals surface area contributed by atoms with Gasteiger partial charge < -0.3 is 31.5 Å². The predicted molar refractivity (Wildman–Crippen MR) is 129 cm³/mol. The predicted octanol–water partition coefficient (Wildman–Crippen LogP) is 3.69. The van der Waals surface area contributed by atoms with Gasteiger partial charge in [0, 0.05) is 12.8 Å². The number of carboxylic acids is 3. The third-order valence-corrected chi connectivity index (χ3v) is 5.20. The second kappa shape index (κ2) is 23.9. The Morgan fingerprint density at radius 2 is 1.03 bits per heavy atom. The zero-order chi connectivity index (χ0) is 26.2. The van der Waals surface area contributed by atoms with Gasteiger partial charge in [-0.3, -0.25) is 19.2 Å². The minimum atomic E-state index is -1.17. The molecular formula is C24H46N2O8. The van der Waals surface area contributed by atoms with E-state index in [1.807, 2.05) is 0 Å². The van der Waals surface area contributed by atoms with E-state index >= 15 is 0 Å². The molecule has 0 aromatic rings. The third-order valence-electron chi connectivity index (χ3n) is 5.20. The fourth-order valence-corrected chi connectivity index (χ4v) is 3.02. The van der Waals surface area contributed by atoms with Crippen molar-refractivity contribution in [1.82, 2.24) is 0 Å². The molecule has 0 fully saturated rings. The van der Waals surface area contributed by atoms with Crippen LogP contribution >= 0.6 is 0 Å². The SMILES string of the molecule is CCCCCCCCCCCCCCOC(=O)C(N)CCC(=O)O.NC(CCC(=O)O)C(=O)O. The number of ether oxygens (including phenoxy) is 1. The van der Waals surface area contributed by atoms with E-state index in [9.17, 15) is 19.2 Å². The zero-order valence-corrected chi connectivity index (χ0v) is 20.7. The average Bonchev–Trinajstić information content (AvgIpc) is 2.78. The highest BCUT2D eigenvalue weighted by molar-refractivity contribution is 5.76. The lowest BCUT2D eigenvalue weighted by Crippen LogP contribution is -2.33. The highest BCUT2D eigenvalue weighted by Crippen LogP contribution is 2.12. The van der Waals surface area contributed by atoms with E-state index in [0.29, 0.717) is 6.61 Å². The van der Waals surface area contributed by atoms with Crippen molar-refractivity contribution in [2.75, 3.05) is 6.61 Å². The minimum absolute atomic E-state index is 0.0231. The Morgan fingerprint density at radius 1 is 0.647 bits per heavy atom. The number of carboxylic acid groups (broad SMARTS) is 3. The molecule has 0 aliphatic carbocycles. The van der Waals surface area contributed by atoms with Crippen LogP contribution in [0.4, 0.5) is 0 Å². The van der Waals surface area contributed by atoms with Crippen molar-refractivity contribution in [3.63, 3.8) is 0 Å². The Morgan fingerprint density at radius 3 is 1.41 bits per heavy atom. The second-order valence-corrected chi connectivity index (χ2v) is 8.47. The summed E-state index contributed by atoms with van der Waals surface area (Å²) in [6.45, 7) is 2.63. The van der Waals surface area contributed by atoms with Gasteiger partial charge in [-0.2, -0.15) is 0 Å². The Hall–Kier alpha value is -2.20. The average molecular weight is 491 g/mol. The summed E-state index contributed by atoms with van der Waals surface area (Å²) in [5.74, 6) is -3.63. The number of hydrogen-bond acceptors (Lipinski definition) is 7. The normalized spacial score (nSPS) is 12.2. The van der Waals surface area contributed by atoms with Gasteiger partial charge in [0.15, 0.2) is 0 Å². The molecule has 0 aliphatic rings. The molecule has 0 aromatic carbocycles. The number of hydrogen-bond donors (Lipinski definition) is 5. The van der Waals surface area contributed by atoms with E-state index in [2.05, 4.69) is 6.92 Å². The Bertz CT molecular complexity index is 557. The molecule has 2 unspecified atom stereocenters. The van der Waals surface area contributed by atoms with Gasteiger partial charge >= 0.3 is 23.9 Å². The third kappa shape index (κ3) is 26.1. The molecule has 0 bridgehead atoms. The van der Waals surface area contributed by atoms with E-state index in [1.54, 1.807) is 0 Å². The van der Waals surface area contributed by atoms with E-state index in [0.717, 1.165) is 12.8 Å². The fourth-order valence-electron chi connectivity index (χ4n) is 3.02. The van der Waals surface area contributed by atoms with Crippen LogP contribution in [0.2, 0.25) is 0 Å². The maximum absolute atomic E-state index is 11.5. The lowest BCUT2D eigenvalue weighted by Gasteiger charge is -2.10. The molecule has 10 nitrogen and oxygen atoms in total. The Labute approximate surface area is 203 Å². The summed E-state index contributed by atoms with van der Waals surface area (Å²) in [6, 6.07) is -1.88. The molecule has 0 saturated carbocycles. The molecule has 200 valence electrons. The van der Waals surface area contributed by atoms with Crippen molar-refractivity contribution in [2.24, 2.45) is 11.5 Å². The molecule has 0 spiro atoms. The van der Waals surface area contributed by atoms with Crippen LogP contribution in [0.25, 0.3) is 0 Å². The van der Waals surface area contributed by atoms with E-state index in [4.69, 9.17) is 31.5 Å². The first-order valence-corrected chi connectivity index (χ1v) is 12.5. The molecule has 7 N–H and O–H groups in total. The molecule has 0 amide bonds. The highest BCUT2D eigenvalue weighted by Gasteiger charge is 2.16. The van der Waals surface area contributed by atoms with Crippen molar-refractivity contribution in [3.05, 3.63) is 0 Å². The molecule has 0 aliphatic heterocycles. The van der Waals surface area contributed by atoms with E-state index < -0.39 is 36.0 Å². The molecule has 0 rings (SSSR count). The zero-order valence-electron chi connectivity index (χ0n) is 20.7. The summed E-state index contributed by atoms with van der Waals surface area (Å²) < 4.78 is 5.07. The van der Waals surface area contributed by atoms with Crippen molar-refractivity contribution in [2.45, 2.75) is 122 Å². The van der Waals surface area contributed by atoms with E-state index in [-0.39, 0.29) is 25.7 Å². The van der Waals surface area contributed by atoms with Crippen molar-refractivity contribution >= 4 is 23.9 Å². The van der Waals surface area contributed by atoms with Gasteiger partial charge in [-0.05, 0) is 19.3 Å². The van der Waals surface area contributed by atoms with Crippen LogP contribution in [0.1, 0.15) is 110 Å². The molecule has 34 heavy (non-hydrogen) atoms. The van der Waals surface area contributed by atoms with Crippen molar-refractivity contribution in [3.8, 4) is 0 Å². The quantitative estimate of drug-likeness (QED) is 0.117. The van der Waals surface area contributed by atoms with Crippen LogP contribution in [0, 0.1) is 0 Å². The van der Waals surface area contributed by atoms with E-state index in [1.165, 1.54) is 64.2 Å². The summed E-state index contributed by atoms with van der Waals surface area (Å²) in [7, 11) is 0. The molecule has 0 heterocycles. The Kier molecular flexibility index (Phi) is 23.9. The van der Waals surface area contributed by atoms with Crippen LogP contribution in [-0.2, 0) is 23.9 Å². The van der Waals surface area contributed by atoms with Crippen LogP contribution in [-0.4, -0.2) is 57.9 Å². The van der Waals surface area contributed by atoms with Gasteiger partial charge in [0.05, 0.1) is 6.61 Å². The first kappa shape index (κ1) is 34.0. The lowest BCUT2D eigenvalue weighted by atomic mass is 10.1. The lowest BCUT2D eigenvalue weighted by molar-refractivity contribution is -0.146. The van der Waals surface area contributed by atoms with Gasteiger partial charge in [0.1, 0.15) is 12.1 Å². The number of nitrogens with two attached hydrogens (primary N) is 2. The number of carbonyl (C=O) groups is 4. The smallest absolute Gasteiger partial charge is 0.322 e. The molecular weight excluding hydrogens is 444 g/mol. The second-order valence-electron chi connectivity index (χ2n) is 8.47. The number of esters is 1. The van der Waals surface area contributed by atoms with Gasteiger partial charge in [-0.15, -0.1) is 0 Å². The van der Waals surface area contributed by atoms with Gasteiger partial charge in [0.2, 0.25) is 0 Å². The van der Waals surface area contributed by atoms with Gasteiger partial charge in [-0.25, -0.2) is 0 Å². The fraction of sp³-hybridized carbons (Fsp3) is 0.833. The molecule has 2 atom stereocenters. The summed E-state index contributed by atoms with van der Waals surface area (Å²) in [5.41, 5.74) is 10.6. The maximum Gasteiger partial charge on any atom is 0.322 e. The maximum atomic E-state index is 11.5. The minimum Gasteiger partial charge on any atom is -0.481 e. The summed E-state index contributed by atoms with van der Waals surface area (Å²) in [6.07, 6.45) is 15.0. The monoisotopic (exact) mass is 490 g/mol. The molecule has 10 heteroatoms. The van der Waals surface area contributed by atoms with Crippen LogP contribution in [0.3, 0.4) is 0 Å². The number of carbonyl (C=O) groups excluding carboxylic acids is 1. The Balaban J connectivity index is 0. The summed E-state index contributed by atoms with van der Waals surface area (Å²) in [5, 5.41) is 24.8. The van der Waals surface area contributed by atoms with Gasteiger partial charge in [0.25, 0.3) is 0 Å². The van der Waals surface area contributed by atoms with Crippen LogP contribution < -0.4 is 11.5 Å². The first-order chi connectivity index (χ1) is 16.1. The summed E-state index contributed by atoms with van der Waals surface area (Å²) >= 11 is 0. The highest BCUT2D eigenvalue weighted by atomic mass is 16.5. The molecule has 0 saturated heterocycles. The van der Waals surface area contributed by atoms with Gasteiger partial charge in [-0.1, -0.05) is 77.6 Å². The number of aliphatic carboxylic acids is 3.